The molecule has 0 spiro atoms. The first kappa shape index (κ1) is 10.6. The van der Waals surface area contributed by atoms with Gasteiger partial charge in [-0.25, -0.2) is 4.79 Å². The average molecular weight is 225 g/mol. The number of H-pyrrole nitrogens is 2. The molecule has 7 nitrogen and oxygen atoms in total. The number of amides is 1. The van der Waals surface area contributed by atoms with E-state index in [1.54, 1.807) is 6.92 Å². The van der Waals surface area contributed by atoms with E-state index < -0.39 is 22.8 Å². The quantitative estimate of drug-likeness (QED) is 0.528. The van der Waals surface area contributed by atoms with E-state index in [4.69, 9.17) is 0 Å². The second-order valence-electron chi connectivity index (χ2n) is 4.14. The summed E-state index contributed by atoms with van der Waals surface area (Å²) in [5.41, 5.74) is -2.39. The molecule has 1 amide bonds. The van der Waals surface area contributed by atoms with Crippen LogP contribution in [0.4, 0.5) is 0 Å². The number of nitrogens with zero attached hydrogens (tertiary/aromatic N) is 1. The summed E-state index contributed by atoms with van der Waals surface area (Å²) in [6, 6.07) is 0. The van der Waals surface area contributed by atoms with Crippen molar-refractivity contribution in [3.8, 4) is 0 Å². The Kier molecular flexibility index (Phi) is 2.20. The van der Waals surface area contributed by atoms with Gasteiger partial charge in [0.15, 0.2) is 0 Å². The molecule has 86 valence electrons. The number of rotatable bonds is 1. The zero-order chi connectivity index (χ0) is 11.9. The molecule has 2 heterocycles. The first-order chi connectivity index (χ1) is 7.39. The summed E-state index contributed by atoms with van der Waals surface area (Å²) < 4.78 is 0. The molecule has 0 atom stereocenters. The summed E-state index contributed by atoms with van der Waals surface area (Å²) in [7, 11) is 0. The van der Waals surface area contributed by atoms with Gasteiger partial charge < -0.3 is 15.0 Å². The molecule has 1 aliphatic rings. The monoisotopic (exact) mass is 225 g/mol. The highest BCUT2D eigenvalue weighted by atomic mass is 16.3. The van der Waals surface area contributed by atoms with Crippen LogP contribution in [0.5, 0.6) is 0 Å². The topological polar surface area (TPSA) is 106 Å². The van der Waals surface area contributed by atoms with E-state index in [-0.39, 0.29) is 18.7 Å². The number of aromatic nitrogens is 2. The Morgan fingerprint density at radius 1 is 1.50 bits per heavy atom. The SMILES string of the molecule is CC1(O)CN(C(=O)c2c[nH]c(=O)[nH]c2=O)C1. The molecule has 0 aliphatic carbocycles. The normalized spacial score (nSPS) is 18.0. The van der Waals surface area contributed by atoms with Crippen LogP contribution in [0.25, 0.3) is 0 Å². The number of carbonyl (C=O) groups excluding carboxylic acids is 1. The molecule has 1 aliphatic heterocycles. The molecule has 1 aromatic rings. The third-order valence-corrected chi connectivity index (χ3v) is 2.40. The van der Waals surface area contributed by atoms with E-state index in [9.17, 15) is 19.5 Å². The van der Waals surface area contributed by atoms with Crippen molar-refractivity contribution >= 4 is 5.91 Å². The van der Waals surface area contributed by atoms with Crippen LogP contribution in [0, 0.1) is 0 Å². The molecule has 7 heteroatoms. The molecule has 2 rings (SSSR count). The van der Waals surface area contributed by atoms with Gasteiger partial charge in [0.2, 0.25) is 0 Å². The molecule has 1 saturated heterocycles. The third kappa shape index (κ3) is 1.76. The standard InChI is InChI=1S/C9H11N3O4/c1-9(16)3-12(4-9)7(14)5-2-10-8(15)11-6(5)13/h2,16H,3-4H2,1H3,(H2,10,11,13,15). The highest BCUT2D eigenvalue weighted by Gasteiger charge is 2.40. The lowest BCUT2D eigenvalue weighted by Crippen LogP contribution is -2.62. The fourth-order valence-electron chi connectivity index (χ4n) is 1.66. The van der Waals surface area contributed by atoms with Crippen molar-refractivity contribution in [2.24, 2.45) is 0 Å². The van der Waals surface area contributed by atoms with E-state index in [2.05, 4.69) is 4.98 Å². The third-order valence-electron chi connectivity index (χ3n) is 2.40. The number of β-amino-alcohol motifs (C(OH)–C–C–N with tert-alkyl or cyclic N) is 1. The smallest absolute Gasteiger partial charge is 0.325 e. The Bertz CT molecular complexity index is 534. The second kappa shape index (κ2) is 3.31. The minimum Gasteiger partial charge on any atom is -0.386 e. The predicted octanol–water partition coefficient (Wildman–Crippen LogP) is -1.73. The maximum Gasteiger partial charge on any atom is 0.325 e. The Morgan fingerprint density at radius 3 is 2.62 bits per heavy atom. The lowest BCUT2D eigenvalue weighted by molar-refractivity contribution is -0.0669. The van der Waals surface area contributed by atoms with Crippen molar-refractivity contribution in [3.05, 3.63) is 32.6 Å². The highest BCUT2D eigenvalue weighted by Crippen LogP contribution is 2.20. The average Bonchev–Trinajstić information content (AvgIpc) is 2.13. The molecule has 1 fully saturated rings. The van der Waals surface area contributed by atoms with E-state index in [0.29, 0.717) is 0 Å². The lowest BCUT2D eigenvalue weighted by atomic mass is 9.96. The first-order valence-corrected chi connectivity index (χ1v) is 4.73. The summed E-state index contributed by atoms with van der Waals surface area (Å²) in [6.07, 6.45) is 1.08. The van der Waals surface area contributed by atoms with E-state index in [1.807, 2.05) is 4.98 Å². The van der Waals surface area contributed by atoms with Gasteiger partial charge in [-0.1, -0.05) is 0 Å². The summed E-state index contributed by atoms with van der Waals surface area (Å²) in [4.78, 5) is 39.3. The number of aromatic amines is 2. The minimum atomic E-state index is -0.884. The van der Waals surface area contributed by atoms with Crippen molar-refractivity contribution in [1.29, 1.82) is 0 Å². The Labute approximate surface area is 89.7 Å². The largest absolute Gasteiger partial charge is 0.386 e. The van der Waals surface area contributed by atoms with Gasteiger partial charge >= 0.3 is 5.69 Å². The van der Waals surface area contributed by atoms with Crippen LogP contribution < -0.4 is 11.2 Å². The second-order valence-corrected chi connectivity index (χ2v) is 4.14. The van der Waals surface area contributed by atoms with Gasteiger partial charge in [0, 0.05) is 6.20 Å². The van der Waals surface area contributed by atoms with Crippen LogP contribution in [0.1, 0.15) is 17.3 Å². The van der Waals surface area contributed by atoms with E-state index in [1.165, 1.54) is 4.90 Å². The van der Waals surface area contributed by atoms with Gasteiger partial charge in [-0.15, -0.1) is 0 Å². The van der Waals surface area contributed by atoms with Crippen molar-refractivity contribution in [3.63, 3.8) is 0 Å². The molecule has 0 bridgehead atoms. The van der Waals surface area contributed by atoms with Gasteiger partial charge in [-0.2, -0.15) is 0 Å². The minimum absolute atomic E-state index is 0.130. The van der Waals surface area contributed by atoms with Gasteiger partial charge in [0.25, 0.3) is 11.5 Å². The van der Waals surface area contributed by atoms with Gasteiger partial charge in [0.1, 0.15) is 5.56 Å². The fraction of sp³-hybridized carbons (Fsp3) is 0.444. The Hall–Kier alpha value is -1.89. The van der Waals surface area contributed by atoms with Gasteiger partial charge in [0.05, 0.1) is 18.7 Å². The van der Waals surface area contributed by atoms with E-state index in [0.717, 1.165) is 6.20 Å². The molecule has 0 aromatic carbocycles. The van der Waals surface area contributed by atoms with Crippen LogP contribution >= 0.6 is 0 Å². The molecule has 16 heavy (non-hydrogen) atoms. The fourth-order valence-corrected chi connectivity index (χ4v) is 1.66. The zero-order valence-corrected chi connectivity index (χ0v) is 8.61. The van der Waals surface area contributed by atoms with Crippen molar-refractivity contribution in [1.82, 2.24) is 14.9 Å². The van der Waals surface area contributed by atoms with Crippen LogP contribution in [-0.4, -0.2) is 44.6 Å². The summed E-state index contributed by atoms with van der Waals surface area (Å²) in [5, 5.41) is 9.46. The Balaban J connectivity index is 2.23. The van der Waals surface area contributed by atoms with Crippen LogP contribution in [0.2, 0.25) is 0 Å². The Morgan fingerprint density at radius 2 is 2.12 bits per heavy atom. The van der Waals surface area contributed by atoms with E-state index >= 15 is 0 Å². The lowest BCUT2D eigenvalue weighted by Gasteiger charge is -2.43. The van der Waals surface area contributed by atoms with Gasteiger partial charge in [-0.05, 0) is 6.92 Å². The maximum absolute atomic E-state index is 11.7. The van der Waals surface area contributed by atoms with Crippen molar-refractivity contribution in [2.45, 2.75) is 12.5 Å². The molecule has 1 aromatic heterocycles. The number of hydrogen-bond donors (Lipinski definition) is 3. The van der Waals surface area contributed by atoms with Crippen LogP contribution in [-0.2, 0) is 0 Å². The number of aliphatic hydroxyl groups is 1. The van der Waals surface area contributed by atoms with Crippen LogP contribution in [0.15, 0.2) is 15.8 Å². The summed E-state index contributed by atoms with van der Waals surface area (Å²) in [5.74, 6) is -0.496. The van der Waals surface area contributed by atoms with Crippen LogP contribution in [0.3, 0.4) is 0 Å². The molecule has 3 N–H and O–H groups in total. The number of nitrogens with one attached hydrogen (secondary N) is 2. The zero-order valence-electron chi connectivity index (χ0n) is 8.61. The molecular weight excluding hydrogens is 214 g/mol. The first-order valence-electron chi connectivity index (χ1n) is 4.73. The summed E-state index contributed by atoms with van der Waals surface area (Å²) >= 11 is 0. The molecule has 0 unspecified atom stereocenters. The van der Waals surface area contributed by atoms with Crippen molar-refractivity contribution < 1.29 is 9.90 Å². The van der Waals surface area contributed by atoms with Gasteiger partial charge in [-0.3, -0.25) is 14.6 Å². The van der Waals surface area contributed by atoms with Crippen molar-refractivity contribution in [2.75, 3.05) is 13.1 Å². The predicted molar refractivity (Wildman–Crippen MR) is 54.2 cm³/mol. The number of likely N-dealkylation sites (tertiary alicyclic amines) is 1. The highest BCUT2D eigenvalue weighted by molar-refractivity contribution is 5.94. The molecule has 0 radical (unpaired) electrons. The number of carbonyl (C=O) groups is 1. The summed E-state index contributed by atoms with van der Waals surface area (Å²) in [6.45, 7) is 1.97. The molecular formula is C9H11N3O4. The number of hydrogen-bond acceptors (Lipinski definition) is 4. The molecule has 0 saturated carbocycles. The maximum atomic E-state index is 11.7.